The van der Waals surface area contributed by atoms with Crippen molar-refractivity contribution in [1.82, 2.24) is 28.7 Å². The molecule has 6 nitrogen and oxygen atoms in total. The van der Waals surface area contributed by atoms with Gasteiger partial charge in [-0.05, 0) is 55.2 Å². The first kappa shape index (κ1) is 37.3. The van der Waals surface area contributed by atoms with Gasteiger partial charge in [0.2, 0.25) is 0 Å². The van der Waals surface area contributed by atoms with Crippen molar-refractivity contribution in [2.45, 2.75) is 0 Å². The zero-order valence-electron chi connectivity index (χ0n) is 30.4. The molecule has 272 valence electrons. The third kappa shape index (κ3) is 10.6. The molecule has 0 amide bonds. The minimum absolute atomic E-state index is 1.06. The summed E-state index contributed by atoms with van der Waals surface area (Å²) in [6.07, 6.45) is 18.8. The molecule has 12 aromatic rings. The Bertz CT molecular complexity index is 2270. The van der Waals surface area contributed by atoms with Gasteiger partial charge in [0.05, 0.1) is 0 Å². The van der Waals surface area contributed by atoms with Crippen LogP contribution in [0.25, 0.3) is 53.0 Å². The van der Waals surface area contributed by atoms with E-state index in [1.165, 1.54) is 43.1 Å². The highest BCUT2D eigenvalue weighted by Crippen LogP contribution is 2.13. The number of benzene rings is 6. The van der Waals surface area contributed by atoms with Gasteiger partial charge in [0.15, 0.2) is 9.92 Å². The topological polar surface area (TPSA) is 60.4 Å². The Labute approximate surface area is 333 Å². The van der Waals surface area contributed by atoms with E-state index in [2.05, 4.69) is 141 Å². The molecule has 0 N–H and O–H groups in total. The first-order chi connectivity index (χ1) is 27.8. The van der Waals surface area contributed by atoms with Crippen molar-refractivity contribution in [2.75, 3.05) is 0 Å². The number of fused-ring (bicyclic) bond motifs is 6. The molecule has 0 bridgehead atoms. The van der Waals surface area contributed by atoms with Gasteiger partial charge in [-0.1, -0.05) is 146 Å². The number of imidazole rings is 2. The maximum atomic E-state index is 4.06. The molecule has 0 fully saturated rings. The van der Waals surface area contributed by atoms with Crippen LogP contribution < -0.4 is 0 Å². The van der Waals surface area contributed by atoms with E-state index in [1.54, 1.807) is 35.1 Å². The summed E-state index contributed by atoms with van der Waals surface area (Å²) in [5.74, 6) is 0. The molecule has 0 saturated heterocycles. The summed E-state index contributed by atoms with van der Waals surface area (Å²) >= 11 is 3.29. The summed E-state index contributed by atoms with van der Waals surface area (Å²) in [6, 6.07) is 53.8. The van der Waals surface area contributed by atoms with Crippen LogP contribution in [0.2, 0.25) is 0 Å². The summed E-state index contributed by atoms with van der Waals surface area (Å²) in [5.41, 5.74) is 0. The SMILES string of the molecule is c1ccc2ccccc2c1.c1ccc2ccccc2c1.c1ccc2cnccc2c1.c1ccc2cnccc2c1.c1cn2ccsc2n1.c1cn2ccsc2n1. The molecule has 8 heteroatoms. The normalized spacial score (nSPS) is 10.1. The van der Waals surface area contributed by atoms with Crippen LogP contribution in [0.1, 0.15) is 0 Å². The van der Waals surface area contributed by atoms with Crippen molar-refractivity contribution in [3.63, 3.8) is 0 Å². The quantitative estimate of drug-likeness (QED) is 0.154. The zero-order valence-corrected chi connectivity index (χ0v) is 32.1. The third-order valence-electron chi connectivity index (χ3n) is 8.47. The number of pyridine rings is 2. The molecule has 12 rings (SSSR count). The molecule has 0 saturated carbocycles. The van der Waals surface area contributed by atoms with E-state index in [-0.39, 0.29) is 0 Å². The Morgan fingerprint density at radius 3 is 0.875 bits per heavy atom. The van der Waals surface area contributed by atoms with E-state index in [4.69, 9.17) is 0 Å². The number of thiazole rings is 2. The van der Waals surface area contributed by atoms with Crippen LogP contribution in [0.4, 0.5) is 0 Å². The van der Waals surface area contributed by atoms with Gasteiger partial charge in [-0.25, -0.2) is 9.97 Å². The molecule has 6 heterocycles. The smallest absolute Gasteiger partial charge is 0.193 e. The number of hydrogen-bond acceptors (Lipinski definition) is 6. The van der Waals surface area contributed by atoms with E-state index < -0.39 is 0 Å². The van der Waals surface area contributed by atoms with Crippen LogP contribution in [0.15, 0.2) is 230 Å². The average molecular weight is 763 g/mol. The molecule has 0 atom stereocenters. The van der Waals surface area contributed by atoms with E-state index in [1.807, 2.05) is 106 Å². The second-order valence-electron chi connectivity index (χ2n) is 12.2. The predicted octanol–water partition coefficient (Wildman–Crippen LogP) is 12.9. The van der Waals surface area contributed by atoms with Crippen molar-refractivity contribution in [3.8, 4) is 0 Å². The number of nitrogens with zero attached hydrogens (tertiary/aromatic N) is 6. The highest BCUT2D eigenvalue weighted by molar-refractivity contribution is 7.15. The van der Waals surface area contributed by atoms with Crippen molar-refractivity contribution in [3.05, 3.63) is 230 Å². The lowest BCUT2D eigenvalue weighted by atomic mass is 10.1. The lowest BCUT2D eigenvalue weighted by Crippen LogP contribution is -1.71. The second-order valence-corrected chi connectivity index (χ2v) is 13.9. The lowest BCUT2D eigenvalue weighted by Gasteiger charge is -1.92. The Kier molecular flexibility index (Phi) is 13.3. The number of hydrogen-bond donors (Lipinski definition) is 0. The maximum absolute atomic E-state index is 4.06. The van der Waals surface area contributed by atoms with Gasteiger partial charge in [-0.2, -0.15) is 0 Å². The summed E-state index contributed by atoms with van der Waals surface area (Å²) in [6.45, 7) is 0. The van der Waals surface area contributed by atoms with Gasteiger partial charge in [0.25, 0.3) is 0 Å². The highest BCUT2D eigenvalue weighted by Gasteiger charge is 1.91. The molecule has 0 radical (unpaired) electrons. The monoisotopic (exact) mass is 762 g/mol. The molecule has 0 aliphatic rings. The van der Waals surface area contributed by atoms with Crippen LogP contribution >= 0.6 is 22.7 Å². The number of aromatic nitrogens is 6. The molecule has 0 spiro atoms. The molecular weight excluding hydrogens is 725 g/mol. The van der Waals surface area contributed by atoms with Gasteiger partial charge in [-0.3, -0.25) is 18.8 Å². The van der Waals surface area contributed by atoms with Gasteiger partial charge >= 0.3 is 0 Å². The Morgan fingerprint density at radius 1 is 0.304 bits per heavy atom. The summed E-state index contributed by atoms with van der Waals surface area (Å²) in [5, 5.41) is 14.2. The minimum Gasteiger partial charge on any atom is -0.298 e. The fraction of sp³-hybridized carbons (Fsp3) is 0. The van der Waals surface area contributed by atoms with Crippen LogP contribution in [0.3, 0.4) is 0 Å². The van der Waals surface area contributed by atoms with E-state index in [0.29, 0.717) is 0 Å². The van der Waals surface area contributed by atoms with Crippen LogP contribution in [-0.4, -0.2) is 28.7 Å². The van der Waals surface area contributed by atoms with E-state index in [9.17, 15) is 0 Å². The van der Waals surface area contributed by atoms with Gasteiger partial charge in [-0.15, -0.1) is 22.7 Å². The molecule has 0 aliphatic carbocycles. The van der Waals surface area contributed by atoms with Crippen LogP contribution in [0, 0.1) is 0 Å². The average Bonchev–Trinajstić information content (AvgIpc) is 4.11. The number of rotatable bonds is 0. The highest BCUT2D eigenvalue weighted by atomic mass is 32.1. The van der Waals surface area contributed by atoms with E-state index >= 15 is 0 Å². The standard InChI is InChI=1S/2C10H8.2C9H7N.2C5H4N2S/c2*1-2-6-10-8-4-3-7-9(10)5-1;2*1-2-4-9-7-10-6-5-8(9)3-1;2*1-2-7-3-4-8-5(7)6-1/h2*1-8H;2*1-7H;2*1-4H. The molecule has 56 heavy (non-hydrogen) atoms. The van der Waals surface area contributed by atoms with Crippen molar-refractivity contribution in [2.24, 2.45) is 0 Å². The first-order valence-corrected chi connectivity index (χ1v) is 19.7. The van der Waals surface area contributed by atoms with E-state index in [0.717, 1.165) is 9.92 Å². The molecule has 0 aliphatic heterocycles. The van der Waals surface area contributed by atoms with Gasteiger partial charge in [0.1, 0.15) is 0 Å². The Balaban J connectivity index is 0.000000103. The lowest BCUT2D eigenvalue weighted by molar-refractivity contribution is 1.23. The van der Waals surface area contributed by atoms with Crippen molar-refractivity contribution >= 4 is 75.7 Å². The van der Waals surface area contributed by atoms with Crippen molar-refractivity contribution in [1.29, 1.82) is 0 Å². The van der Waals surface area contributed by atoms with Crippen LogP contribution in [0.5, 0.6) is 0 Å². The molecule has 0 unspecified atom stereocenters. The zero-order chi connectivity index (χ0) is 38.0. The predicted molar refractivity (Wildman–Crippen MR) is 238 cm³/mol. The second kappa shape index (κ2) is 19.9. The molecule has 6 aromatic carbocycles. The van der Waals surface area contributed by atoms with Gasteiger partial charge in [0, 0.05) is 72.7 Å². The fourth-order valence-electron chi connectivity index (χ4n) is 5.64. The van der Waals surface area contributed by atoms with Gasteiger partial charge < -0.3 is 0 Å². The Morgan fingerprint density at radius 2 is 0.589 bits per heavy atom. The fourth-order valence-corrected chi connectivity index (χ4v) is 7.00. The van der Waals surface area contributed by atoms with Crippen molar-refractivity contribution < 1.29 is 0 Å². The molecule has 6 aromatic heterocycles. The Hall–Kier alpha value is -7.00. The minimum atomic E-state index is 1.06. The third-order valence-corrected chi connectivity index (χ3v) is 10.0. The summed E-state index contributed by atoms with van der Waals surface area (Å²) in [7, 11) is 0. The maximum Gasteiger partial charge on any atom is 0.193 e. The summed E-state index contributed by atoms with van der Waals surface area (Å²) in [4.78, 5) is 18.3. The molecular formula is C48H38N6S2. The van der Waals surface area contributed by atoms with Crippen LogP contribution in [-0.2, 0) is 0 Å². The summed E-state index contributed by atoms with van der Waals surface area (Å²) < 4.78 is 3.98. The first-order valence-electron chi connectivity index (χ1n) is 18.0. The largest absolute Gasteiger partial charge is 0.298 e.